The maximum Gasteiger partial charge on any atom is 0.258 e. The molecule has 2 heterocycles. The van der Waals surface area contributed by atoms with Crippen molar-refractivity contribution in [2.75, 3.05) is 12.4 Å². The molecule has 1 amide bonds. The minimum absolute atomic E-state index is 0.100. The molecule has 1 aliphatic carbocycles. The molecule has 5 rings (SSSR count). The molecule has 2 atom stereocenters. The fourth-order valence-electron chi connectivity index (χ4n) is 4.90. The Hall–Kier alpha value is -2.69. The number of anilines is 1. The predicted octanol–water partition coefficient (Wildman–Crippen LogP) is 4.53. The lowest BCUT2D eigenvalue weighted by molar-refractivity contribution is 0.0582. The van der Waals surface area contributed by atoms with Gasteiger partial charge in [0.25, 0.3) is 5.91 Å². The number of nitrogens with one attached hydrogen (secondary N) is 1. The van der Waals surface area contributed by atoms with Crippen LogP contribution in [0.2, 0.25) is 0 Å². The van der Waals surface area contributed by atoms with Crippen molar-refractivity contribution in [3.05, 3.63) is 53.1 Å². The van der Waals surface area contributed by atoms with Gasteiger partial charge in [-0.1, -0.05) is 25.0 Å². The summed E-state index contributed by atoms with van der Waals surface area (Å²) in [6, 6.07) is 12.2. The first-order valence-corrected chi connectivity index (χ1v) is 10.2. The molecule has 1 N–H and O–H groups in total. The molecule has 0 unspecified atom stereocenters. The van der Waals surface area contributed by atoms with E-state index in [1.165, 1.54) is 18.4 Å². The number of benzene rings is 2. The van der Waals surface area contributed by atoms with E-state index >= 15 is 0 Å². The van der Waals surface area contributed by atoms with Gasteiger partial charge in [0.1, 0.15) is 23.8 Å². The van der Waals surface area contributed by atoms with E-state index in [-0.39, 0.29) is 24.2 Å². The van der Waals surface area contributed by atoms with Crippen LogP contribution in [-0.2, 0) is 6.42 Å². The predicted molar refractivity (Wildman–Crippen MR) is 108 cm³/mol. The molecule has 1 fully saturated rings. The number of amides is 1. The molecule has 5 heteroatoms. The topological polar surface area (TPSA) is 50.8 Å². The molecular weight excluding hydrogens is 352 g/mol. The highest BCUT2D eigenvalue weighted by molar-refractivity contribution is 6.02. The van der Waals surface area contributed by atoms with Crippen molar-refractivity contribution < 1.29 is 14.3 Å². The van der Waals surface area contributed by atoms with Gasteiger partial charge in [-0.3, -0.25) is 4.79 Å². The molecule has 2 aromatic carbocycles. The number of methoxy groups -OCH3 is 1. The van der Waals surface area contributed by atoms with Gasteiger partial charge in [0.05, 0.1) is 12.7 Å². The van der Waals surface area contributed by atoms with Crippen LogP contribution in [0.25, 0.3) is 0 Å². The SMILES string of the molecule is COc1cc2c(cc1[C@H]1Nc3ccccc3C(=O)N1C1CCCC1)O[C@@H](C)C2. The van der Waals surface area contributed by atoms with Gasteiger partial charge in [0, 0.05) is 29.3 Å². The number of carbonyl (C=O) groups excluding carboxylic acids is 1. The zero-order chi connectivity index (χ0) is 19.3. The highest BCUT2D eigenvalue weighted by Gasteiger charge is 2.40. The summed E-state index contributed by atoms with van der Waals surface area (Å²) in [5, 5.41) is 3.62. The summed E-state index contributed by atoms with van der Waals surface area (Å²) in [5.41, 5.74) is 3.76. The van der Waals surface area contributed by atoms with Crippen LogP contribution in [0.1, 0.15) is 60.3 Å². The number of carbonyl (C=O) groups is 1. The van der Waals surface area contributed by atoms with Crippen LogP contribution in [0.15, 0.2) is 36.4 Å². The number of fused-ring (bicyclic) bond motifs is 2. The van der Waals surface area contributed by atoms with Crippen molar-refractivity contribution >= 4 is 11.6 Å². The van der Waals surface area contributed by atoms with Crippen LogP contribution in [0.5, 0.6) is 11.5 Å². The monoisotopic (exact) mass is 378 g/mol. The molecular formula is C23H26N2O3. The Kier molecular flexibility index (Phi) is 4.18. The van der Waals surface area contributed by atoms with E-state index in [9.17, 15) is 4.79 Å². The molecule has 0 radical (unpaired) electrons. The van der Waals surface area contributed by atoms with Gasteiger partial charge in [-0.25, -0.2) is 0 Å². The van der Waals surface area contributed by atoms with E-state index in [1.54, 1.807) is 7.11 Å². The summed E-state index contributed by atoms with van der Waals surface area (Å²) in [4.78, 5) is 15.5. The second-order valence-electron chi connectivity index (χ2n) is 8.08. The molecule has 0 spiro atoms. The van der Waals surface area contributed by atoms with Crippen molar-refractivity contribution in [1.29, 1.82) is 0 Å². The summed E-state index contributed by atoms with van der Waals surface area (Å²) >= 11 is 0. The maximum atomic E-state index is 13.5. The Balaban J connectivity index is 1.63. The molecule has 5 nitrogen and oxygen atoms in total. The van der Waals surface area contributed by atoms with Crippen LogP contribution in [0, 0.1) is 0 Å². The van der Waals surface area contributed by atoms with Crippen LogP contribution in [0.3, 0.4) is 0 Å². The number of hydrogen-bond donors (Lipinski definition) is 1. The summed E-state index contributed by atoms with van der Waals surface area (Å²) in [7, 11) is 1.70. The van der Waals surface area contributed by atoms with Crippen molar-refractivity contribution in [3.8, 4) is 11.5 Å². The molecule has 0 saturated heterocycles. The molecule has 0 aromatic heterocycles. The first-order valence-electron chi connectivity index (χ1n) is 10.2. The molecule has 0 bridgehead atoms. The van der Waals surface area contributed by atoms with E-state index in [2.05, 4.69) is 24.4 Å². The fraction of sp³-hybridized carbons (Fsp3) is 0.435. The molecule has 1 saturated carbocycles. The van der Waals surface area contributed by atoms with Crippen LogP contribution < -0.4 is 14.8 Å². The zero-order valence-corrected chi connectivity index (χ0v) is 16.4. The number of ether oxygens (including phenoxy) is 2. The van der Waals surface area contributed by atoms with Gasteiger partial charge < -0.3 is 19.7 Å². The lowest BCUT2D eigenvalue weighted by Gasteiger charge is -2.42. The van der Waals surface area contributed by atoms with Crippen molar-refractivity contribution in [2.24, 2.45) is 0 Å². The molecule has 3 aliphatic rings. The highest BCUT2D eigenvalue weighted by atomic mass is 16.5. The average molecular weight is 378 g/mol. The molecule has 2 aromatic rings. The van der Waals surface area contributed by atoms with E-state index in [4.69, 9.17) is 9.47 Å². The Morgan fingerprint density at radius 1 is 1.18 bits per heavy atom. The van der Waals surface area contributed by atoms with Gasteiger partial charge in [0.2, 0.25) is 0 Å². The van der Waals surface area contributed by atoms with Crippen LogP contribution in [-0.4, -0.2) is 30.1 Å². The summed E-state index contributed by atoms with van der Waals surface area (Å²) in [6.07, 6.45) is 5.24. The van der Waals surface area contributed by atoms with Crippen LogP contribution >= 0.6 is 0 Å². The largest absolute Gasteiger partial charge is 0.496 e. The molecule has 28 heavy (non-hydrogen) atoms. The second kappa shape index (κ2) is 6.73. The standard InChI is InChI=1S/C23H26N2O3/c1-14-11-15-12-21(27-2)18(13-20(15)28-14)22-24-19-10-6-5-9-17(19)23(26)25(22)16-7-3-4-8-16/h5-6,9-10,12-14,16,22,24H,3-4,7-8,11H2,1-2H3/t14-,22-/m0/s1. The first kappa shape index (κ1) is 17.4. The van der Waals surface area contributed by atoms with Gasteiger partial charge in [0.15, 0.2) is 0 Å². The van der Waals surface area contributed by atoms with Gasteiger partial charge in [-0.2, -0.15) is 0 Å². The van der Waals surface area contributed by atoms with Gasteiger partial charge >= 0.3 is 0 Å². The minimum atomic E-state index is -0.259. The van der Waals surface area contributed by atoms with Gasteiger partial charge in [-0.05, 0) is 44.0 Å². The number of nitrogens with zero attached hydrogens (tertiary/aromatic N) is 1. The Morgan fingerprint density at radius 2 is 1.96 bits per heavy atom. The van der Waals surface area contributed by atoms with Crippen LogP contribution in [0.4, 0.5) is 5.69 Å². The number of hydrogen-bond acceptors (Lipinski definition) is 4. The number of rotatable bonds is 3. The van der Waals surface area contributed by atoms with E-state index in [0.29, 0.717) is 0 Å². The third-order valence-corrected chi connectivity index (χ3v) is 6.22. The van der Waals surface area contributed by atoms with E-state index < -0.39 is 0 Å². The van der Waals surface area contributed by atoms with Crippen molar-refractivity contribution in [3.63, 3.8) is 0 Å². The second-order valence-corrected chi connectivity index (χ2v) is 8.08. The molecule has 146 valence electrons. The zero-order valence-electron chi connectivity index (χ0n) is 16.4. The van der Waals surface area contributed by atoms with Gasteiger partial charge in [-0.15, -0.1) is 0 Å². The fourth-order valence-corrected chi connectivity index (χ4v) is 4.90. The minimum Gasteiger partial charge on any atom is -0.496 e. The third-order valence-electron chi connectivity index (χ3n) is 6.22. The average Bonchev–Trinajstić information content (AvgIpc) is 3.35. The Morgan fingerprint density at radius 3 is 2.75 bits per heavy atom. The summed E-state index contributed by atoms with van der Waals surface area (Å²) in [5.74, 6) is 1.81. The van der Waals surface area contributed by atoms with E-state index in [0.717, 1.165) is 47.6 Å². The summed E-state index contributed by atoms with van der Waals surface area (Å²) < 4.78 is 11.8. The molecule has 2 aliphatic heterocycles. The highest BCUT2D eigenvalue weighted by Crippen LogP contribution is 2.44. The maximum absolute atomic E-state index is 13.5. The van der Waals surface area contributed by atoms with Crippen molar-refractivity contribution in [2.45, 2.75) is 57.3 Å². The Labute approximate surface area is 165 Å². The normalized spacial score (nSPS) is 23.8. The van der Waals surface area contributed by atoms with E-state index in [1.807, 2.05) is 29.2 Å². The smallest absolute Gasteiger partial charge is 0.258 e. The lowest BCUT2D eigenvalue weighted by atomic mass is 9.98. The Bertz CT molecular complexity index is 920. The summed E-state index contributed by atoms with van der Waals surface area (Å²) in [6.45, 7) is 2.08. The lowest BCUT2D eigenvalue weighted by Crippen LogP contribution is -2.47. The van der Waals surface area contributed by atoms with Crippen molar-refractivity contribution in [1.82, 2.24) is 4.90 Å². The number of para-hydroxylation sites is 1. The third kappa shape index (κ3) is 2.72. The quantitative estimate of drug-likeness (QED) is 0.853. The first-order chi connectivity index (χ1) is 13.7.